The van der Waals surface area contributed by atoms with E-state index in [9.17, 15) is 9.59 Å². The minimum atomic E-state index is -1.58. The van der Waals surface area contributed by atoms with Crippen LogP contribution in [0, 0.1) is 12.8 Å². The molecule has 3 heterocycles. The van der Waals surface area contributed by atoms with E-state index in [1.807, 2.05) is 24.0 Å². The van der Waals surface area contributed by atoms with Crippen molar-refractivity contribution < 1.29 is 28.5 Å². The number of rotatable bonds is 9. The van der Waals surface area contributed by atoms with Gasteiger partial charge in [0, 0.05) is 13.1 Å². The Kier molecular flexibility index (Phi) is 7.93. The maximum absolute atomic E-state index is 13.1. The second kappa shape index (κ2) is 11.0. The Balaban J connectivity index is 1.49. The monoisotopic (exact) mass is 541 g/mol. The lowest BCUT2D eigenvalue weighted by Crippen LogP contribution is -2.37. The van der Waals surface area contributed by atoms with Crippen LogP contribution in [0.5, 0.6) is 17.5 Å². The number of hydrogen-bond acceptors (Lipinski definition) is 10. The zero-order valence-electron chi connectivity index (χ0n) is 22.7. The van der Waals surface area contributed by atoms with Gasteiger partial charge in [-0.15, -0.1) is 0 Å². The van der Waals surface area contributed by atoms with Gasteiger partial charge in [0.1, 0.15) is 5.75 Å². The zero-order valence-corrected chi connectivity index (χ0v) is 23.7. The molecular formula is C26H35N5O6Si. The summed E-state index contributed by atoms with van der Waals surface area (Å²) in [5, 5.41) is 3.84. The molecule has 12 heteroatoms. The van der Waals surface area contributed by atoms with Crippen LogP contribution in [0.2, 0.25) is 19.6 Å². The van der Waals surface area contributed by atoms with Gasteiger partial charge in [0.25, 0.3) is 11.9 Å². The average Bonchev–Trinajstić information content (AvgIpc) is 3.51. The fourth-order valence-corrected chi connectivity index (χ4v) is 5.42. The van der Waals surface area contributed by atoms with Gasteiger partial charge >= 0.3 is 0 Å². The topological polar surface area (TPSA) is 138 Å². The number of nitrogens with two attached hydrogens (primary N) is 1. The molecule has 0 aliphatic carbocycles. The van der Waals surface area contributed by atoms with Crippen molar-refractivity contribution >= 4 is 36.6 Å². The van der Waals surface area contributed by atoms with E-state index in [2.05, 4.69) is 41.0 Å². The van der Waals surface area contributed by atoms with E-state index < -0.39 is 25.9 Å². The van der Waals surface area contributed by atoms with Crippen LogP contribution in [-0.4, -0.2) is 69.7 Å². The SMILES string of the molecule is COc1nc(N2CCC(CN)C2)nc(OC)c1NC(=O)C1OC(Oc2cc([Si](C)(C)C)ccc2C)=CC1=O. The third-order valence-corrected chi connectivity index (χ3v) is 8.67. The molecule has 204 valence electrons. The molecule has 2 aliphatic rings. The van der Waals surface area contributed by atoms with Gasteiger partial charge in [0.05, 0.1) is 28.4 Å². The fourth-order valence-electron chi connectivity index (χ4n) is 4.27. The van der Waals surface area contributed by atoms with Crippen LogP contribution in [0.1, 0.15) is 12.0 Å². The van der Waals surface area contributed by atoms with Crippen LogP contribution in [-0.2, 0) is 14.3 Å². The zero-order chi connectivity index (χ0) is 27.6. The Morgan fingerprint density at radius 2 is 1.89 bits per heavy atom. The lowest BCUT2D eigenvalue weighted by Gasteiger charge is -2.20. The highest BCUT2D eigenvalue weighted by Crippen LogP contribution is 2.35. The first-order chi connectivity index (χ1) is 18.0. The Morgan fingerprint density at radius 1 is 1.21 bits per heavy atom. The number of benzene rings is 1. The minimum absolute atomic E-state index is 0.0417. The van der Waals surface area contributed by atoms with Gasteiger partial charge in [0.2, 0.25) is 29.6 Å². The van der Waals surface area contributed by atoms with Crippen LogP contribution >= 0.6 is 0 Å². The van der Waals surface area contributed by atoms with Crippen molar-refractivity contribution in [2.75, 3.05) is 44.1 Å². The van der Waals surface area contributed by atoms with Crippen LogP contribution in [0.3, 0.4) is 0 Å². The number of anilines is 2. The van der Waals surface area contributed by atoms with Gasteiger partial charge in [-0.3, -0.25) is 9.59 Å². The Bertz CT molecular complexity index is 1240. The largest absolute Gasteiger partial charge is 0.479 e. The maximum atomic E-state index is 13.1. The standard InChI is InChI=1S/C26H35N5O6Si/c1-15-7-8-17(38(4,5)6)11-19(15)36-20-12-18(32)22(37-20)23(33)28-21-24(34-2)29-26(30-25(21)35-3)31-10-9-16(13-27)14-31/h7-8,11-12,16,22H,9-10,13-14,27H2,1-6H3,(H,28,33). The van der Waals surface area contributed by atoms with Gasteiger partial charge in [-0.2, -0.15) is 9.97 Å². The summed E-state index contributed by atoms with van der Waals surface area (Å²) < 4.78 is 22.4. The van der Waals surface area contributed by atoms with E-state index in [0.717, 1.165) is 18.5 Å². The van der Waals surface area contributed by atoms with Crippen LogP contribution < -0.4 is 35.3 Å². The molecule has 38 heavy (non-hydrogen) atoms. The molecular weight excluding hydrogens is 506 g/mol. The van der Waals surface area contributed by atoms with E-state index in [1.165, 1.54) is 25.5 Å². The summed E-state index contributed by atoms with van der Waals surface area (Å²) in [5.74, 6) is 0.234. The molecule has 0 saturated carbocycles. The number of nitrogens with one attached hydrogen (secondary N) is 1. The van der Waals surface area contributed by atoms with E-state index in [-0.39, 0.29) is 23.4 Å². The number of hydrogen-bond donors (Lipinski definition) is 2. The second-order valence-corrected chi connectivity index (χ2v) is 15.5. The van der Waals surface area contributed by atoms with E-state index in [0.29, 0.717) is 30.7 Å². The molecule has 1 amide bonds. The van der Waals surface area contributed by atoms with Gasteiger partial charge < -0.3 is 34.9 Å². The quantitative estimate of drug-likeness (QED) is 0.358. The number of nitrogens with zero attached hydrogens (tertiary/aromatic N) is 3. The molecule has 11 nitrogen and oxygen atoms in total. The van der Waals surface area contributed by atoms with Gasteiger partial charge in [-0.25, -0.2) is 0 Å². The number of ketones is 1. The van der Waals surface area contributed by atoms with Crippen molar-refractivity contribution in [2.45, 2.75) is 39.1 Å². The van der Waals surface area contributed by atoms with Gasteiger partial charge in [-0.1, -0.05) is 37.0 Å². The molecule has 0 radical (unpaired) electrons. The summed E-state index contributed by atoms with van der Waals surface area (Å²) in [6.45, 7) is 10.7. The average molecular weight is 542 g/mol. The Labute approximate surface area is 223 Å². The Hall–Kier alpha value is -3.64. The molecule has 2 aromatic rings. The highest BCUT2D eigenvalue weighted by atomic mass is 28.3. The molecule has 2 aliphatic heterocycles. The summed E-state index contributed by atoms with van der Waals surface area (Å²) in [6.07, 6.45) is 0.673. The van der Waals surface area contributed by atoms with Crippen molar-refractivity contribution in [1.29, 1.82) is 0 Å². The molecule has 4 rings (SSSR count). The van der Waals surface area contributed by atoms with Crippen LogP contribution in [0.4, 0.5) is 11.6 Å². The first kappa shape index (κ1) is 27.4. The molecule has 2 atom stereocenters. The summed E-state index contributed by atoms with van der Waals surface area (Å²) in [7, 11) is 1.27. The fraction of sp³-hybridized carbons (Fsp3) is 0.462. The predicted octanol–water partition coefficient (Wildman–Crippen LogP) is 1.96. The van der Waals surface area contributed by atoms with Crippen LogP contribution in [0.25, 0.3) is 0 Å². The summed E-state index contributed by atoms with van der Waals surface area (Å²) in [6, 6.07) is 6.04. The molecule has 0 bridgehead atoms. The molecule has 0 spiro atoms. The number of carbonyl (C=O) groups is 2. The number of ether oxygens (including phenoxy) is 4. The third kappa shape index (κ3) is 5.75. The number of amides is 1. The lowest BCUT2D eigenvalue weighted by molar-refractivity contribution is -0.134. The first-order valence-electron chi connectivity index (χ1n) is 12.5. The van der Waals surface area contributed by atoms with Crippen molar-refractivity contribution in [3.05, 3.63) is 35.8 Å². The molecule has 1 aromatic carbocycles. The number of carbonyl (C=O) groups excluding carboxylic acids is 2. The normalized spacial score (nSPS) is 19.2. The summed E-state index contributed by atoms with van der Waals surface area (Å²) in [5.41, 5.74) is 6.79. The lowest BCUT2D eigenvalue weighted by atomic mass is 10.1. The predicted molar refractivity (Wildman–Crippen MR) is 146 cm³/mol. The first-order valence-corrected chi connectivity index (χ1v) is 16.0. The highest BCUT2D eigenvalue weighted by molar-refractivity contribution is 6.88. The third-order valence-electron chi connectivity index (χ3n) is 6.62. The van der Waals surface area contributed by atoms with Crippen molar-refractivity contribution in [2.24, 2.45) is 11.7 Å². The Morgan fingerprint density at radius 3 is 2.47 bits per heavy atom. The molecule has 1 fully saturated rings. The number of methoxy groups -OCH3 is 2. The molecule has 2 unspecified atom stereocenters. The van der Waals surface area contributed by atoms with Crippen molar-refractivity contribution in [1.82, 2.24) is 9.97 Å². The summed E-state index contributed by atoms with van der Waals surface area (Å²) in [4.78, 5) is 36.7. The van der Waals surface area contributed by atoms with E-state index in [1.54, 1.807) is 0 Å². The maximum Gasteiger partial charge on any atom is 0.289 e. The minimum Gasteiger partial charge on any atom is -0.479 e. The highest BCUT2D eigenvalue weighted by Gasteiger charge is 2.37. The smallest absolute Gasteiger partial charge is 0.289 e. The second-order valence-electron chi connectivity index (χ2n) is 10.4. The number of aryl methyl sites for hydroxylation is 1. The molecule has 3 N–H and O–H groups in total. The van der Waals surface area contributed by atoms with E-state index >= 15 is 0 Å². The van der Waals surface area contributed by atoms with Gasteiger partial charge in [0.15, 0.2) is 5.69 Å². The van der Waals surface area contributed by atoms with Crippen molar-refractivity contribution in [3.63, 3.8) is 0 Å². The number of aromatic nitrogens is 2. The van der Waals surface area contributed by atoms with Gasteiger partial charge in [-0.05, 0) is 37.4 Å². The molecule has 1 aromatic heterocycles. The van der Waals surface area contributed by atoms with E-state index in [4.69, 9.17) is 24.7 Å². The van der Waals surface area contributed by atoms with Crippen molar-refractivity contribution in [3.8, 4) is 17.5 Å². The molecule has 1 saturated heterocycles. The van der Waals surface area contributed by atoms with Crippen LogP contribution in [0.15, 0.2) is 30.2 Å². The summed E-state index contributed by atoms with van der Waals surface area (Å²) >= 11 is 0.